The molecule has 1 fully saturated rings. The van der Waals surface area contributed by atoms with Crippen LogP contribution in [0.2, 0.25) is 0 Å². The van der Waals surface area contributed by atoms with Crippen molar-refractivity contribution in [3.05, 3.63) is 72.4 Å². The third-order valence-corrected chi connectivity index (χ3v) is 5.86. The van der Waals surface area contributed by atoms with E-state index in [4.69, 9.17) is 5.10 Å². The largest absolute Gasteiger partial charge is 0.351 e. The van der Waals surface area contributed by atoms with E-state index in [-0.39, 0.29) is 5.91 Å². The first kappa shape index (κ1) is 20.4. The molecule has 0 saturated carbocycles. The molecule has 5 nitrogen and oxygen atoms in total. The van der Waals surface area contributed by atoms with E-state index in [9.17, 15) is 4.79 Å². The highest BCUT2D eigenvalue weighted by Gasteiger charge is 2.19. The molecule has 4 rings (SSSR count). The van der Waals surface area contributed by atoms with Gasteiger partial charge in [0.25, 0.3) is 5.91 Å². The number of benzene rings is 2. The molecule has 5 heteroatoms. The van der Waals surface area contributed by atoms with Crippen LogP contribution in [0.25, 0.3) is 16.9 Å². The lowest BCUT2D eigenvalue weighted by molar-refractivity contribution is 0.0941. The maximum atomic E-state index is 13.0. The molecule has 0 aliphatic carbocycles. The summed E-state index contributed by atoms with van der Waals surface area (Å²) in [7, 11) is 0. The van der Waals surface area contributed by atoms with Gasteiger partial charge < -0.3 is 10.2 Å². The van der Waals surface area contributed by atoms with Crippen LogP contribution in [0.4, 0.5) is 0 Å². The molecule has 0 radical (unpaired) electrons. The Kier molecular flexibility index (Phi) is 6.60. The summed E-state index contributed by atoms with van der Waals surface area (Å²) >= 11 is 0. The molecule has 1 amide bonds. The Hall–Kier alpha value is -2.92. The van der Waals surface area contributed by atoms with Gasteiger partial charge in [-0.25, -0.2) is 4.68 Å². The van der Waals surface area contributed by atoms with Crippen LogP contribution in [0.3, 0.4) is 0 Å². The van der Waals surface area contributed by atoms with Crippen LogP contribution < -0.4 is 5.32 Å². The summed E-state index contributed by atoms with van der Waals surface area (Å²) in [5.74, 6) is -0.0831. The first-order chi connectivity index (χ1) is 14.7. The van der Waals surface area contributed by atoms with E-state index in [1.165, 1.54) is 25.8 Å². The third-order valence-electron chi connectivity index (χ3n) is 5.86. The molecule has 0 bridgehead atoms. The number of carbonyl (C=O) groups excluding carboxylic acids is 1. The topological polar surface area (TPSA) is 50.2 Å². The van der Waals surface area contributed by atoms with Crippen LogP contribution >= 0.6 is 0 Å². The number of amides is 1. The molecule has 156 valence electrons. The molecule has 1 aliphatic heterocycles. The summed E-state index contributed by atoms with van der Waals surface area (Å²) in [6.45, 7) is 5.19. The fraction of sp³-hybridized carbons (Fsp3) is 0.360. The molecule has 1 aliphatic rings. The summed E-state index contributed by atoms with van der Waals surface area (Å²) < 4.78 is 1.74. The van der Waals surface area contributed by atoms with Gasteiger partial charge in [0.05, 0.1) is 11.4 Å². The molecule has 1 N–H and O–H groups in total. The molecule has 1 aromatic heterocycles. The zero-order valence-electron chi connectivity index (χ0n) is 17.6. The predicted octanol–water partition coefficient (Wildman–Crippen LogP) is 4.53. The van der Waals surface area contributed by atoms with Gasteiger partial charge >= 0.3 is 0 Å². The van der Waals surface area contributed by atoms with Crippen molar-refractivity contribution < 1.29 is 4.79 Å². The number of piperidine rings is 1. The zero-order valence-corrected chi connectivity index (χ0v) is 17.6. The van der Waals surface area contributed by atoms with E-state index in [1.807, 2.05) is 66.7 Å². The smallest absolute Gasteiger partial charge is 0.270 e. The third kappa shape index (κ3) is 4.79. The molecule has 1 saturated heterocycles. The second kappa shape index (κ2) is 9.72. The normalized spacial score (nSPS) is 17.0. The van der Waals surface area contributed by atoms with Gasteiger partial charge in [0, 0.05) is 24.7 Å². The van der Waals surface area contributed by atoms with E-state index in [0.717, 1.165) is 29.9 Å². The zero-order chi connectivity index (χ0) is 20.8. The first-order valence-electron chi connectivity index (χ1n) is 11.0. The summed E-state index contributed by atoms with van der Waals surface area (Å²) in [5.41, 5.74) is 3.24. The highest BCUT2D eigenvalue weighted by Crippen LogP contribution is 2.22. The fourth-order valence-corrected chi connectivity index (χ4v) is 4.12. The Morgan fingerprint density at radius 1 is 1.07 bits per heavy atom. The number of aromatic nitrogens is 2. The lowest BCUT2D eigenvalue weighted by Crippen LogP contribution is -2.39. The number of rotatable bonds is 7. The van der Waals surface area contributed by atoms with Crippen LogP contribution in [0.15, 0.2) is 66.7 Å². The minimum Gasteiger partial charge on any atom is -0.351 e. The van der Waals surface area contributed by atoms with E-state index in [2.05, 4.69) is 17.1 Å². The van der Waals surface area contributed by atoms with Gasteiger partial charge in [-0.15, -0.1) is 0 Å². The van der Waals surface area contributed by atoms with Crippen molar-refractivity contribution >= 4 is 5.91 Å². The molecule has 3 aromatic rings. The second-order valence-electron chi connectivity index (χ2n) is 8.02. The summed E-state index contributed by atoms with van der Waals surface area (Å²) in [5, 5.41) is 7.83. The molecule has 1 unspecified atom stereocenters. The minimum atomic E-state index is -0.0831. The van der Waals surface area contributed by atoms with Crippen LogP contribution in [0.1, 0.15) is 43.1 Å². The molecular weight excluding hydrogens is 372 g/mol. The van der Waals surface area contributed by atoms with Gasteiger partial charge in [-0.1, -0.05) is 55.0 Å². The van der Waals surface area contributed by atoms with E-state index < -0.39 is 0 Å². The number of para-hydroxylation sites is 1. The molecule has 1 atom stereocenters. The number of carbonyl (C=O) groups is 1. The molecule has 0 spiro atoms. The molecule has 2 heterocycles. The van der Waals surface area contributed by atoms with E-state index >= 15 is 0 Å². The highest BCUT2D eigenvalue weighted by atomic mass is 16.2. The predicted molar refractivity (Wildman–Crippen MR) is 121 cm³/mol. The van der Waals surface area contributed by atoms with Gasteiger partial charge in [0.15, 0.2) is 0 Å². The van der Waals surface area contributed by atoms with Crippen molar-refractivity contribution in [1.29, 1.82) is 0 Å². The molecule has 2 aromatic carbocycles. The SMILES string of the molecule is CC1CCCCN1CCCNC(=O)c1cc(-c2ccccc2)nn1-c1ccccc1. The maximum Gasteiger partial charge on any atom is 0.270 e. The number of nitrogens with one attached hydrogen (secondary N) is 1. The van der Waals surface area contributed by atoms with Crippen molar-refractivity contribution in [3.8, 4) is 16.9 Å². The Bertz CT molecular complexity index is 952. The van der Waals surface area contributed by atoms with E-state index in [0.29, 0.717) is 18.3 Å². The van der Waals surface area contributed by atoms with Gasteiger partial charge in [-0.05, 0) is 50.9 Å². The minimum absolute atomic E-state index is 0.0831. The van der Waals surface area contributed by atoms with Crippen molar-refractivity contribution in [3.63, 3.8) is 0 Å². The highest BCUT2D eigenvalue weighted by molar-refractivity contribution is 5.94. The Morgan fingerprint density at radius 3 is 2.53 bits per heavy atom. The van der Waals surface area contributed by atoms with Crippen molar-refractivity contribution in [1.82, 2.24) is 20.0 Å². The Balaban J connectivity index is 1.46. The van der Waals surface area contributed by atoms with Crippen molar-refractivity contribution in [2.24, 2.45) is 0 Å². The van der Waals surface area contributed by atoms with Gasteiger partial charge in [-0.2, -0.15) is 5.10 Å². The average molecular weight is 403 g/mol. The summed E-state index contributed by atoms with van der Waals surface area (Å²) in [6.07, 6.45) is 4.86. The van der Waals surface area contributed by atoms with Gasteiger partial charge in [-0.3, -0.25) is 4.79 Å². The van der Waals surface area contributed by atoms with Crippen LogP contribution in [-0.2, 0) is 0 Å². The first-order valence-corrected chi connectivity index (χ1v) is 11.0. The number of likely N-dealkylation sites (tertiary alicyclic amines) is 1. The second-order valence-corrected chi connectivity index (χ2v) is 8.02. The fourth-order valence-electron chi connectivity index (χ4n) is 4.12. The van der Waals surface area contributed by atoms with Crippen LogP contribution in [0.5, 0.6) is 0 Å². The average Bonchev–Trinajstić information content (AvgIpc) is 3.25. The quantitative estimate of drug-likeness (QED) is 0.591. The summed E-state index contributed by atoms with van der Waals surface area (Å²) in [6, 6.07) is 22.3. The number of hydrogen-bond donors (Lipinski definition) is 1. The van der Waals surface area contributed by atoms with Crippen LogP contribution in [-0.4, -0.2) is 46.3 Å². The van der Waals surface area contributed by atoms with Crippen LogP contribution in [0, 0.1) is 0 Å². The summed E-state index contributed by atoms with van der Waals surface area (Å²) in [4.78, 5) is 15.6. The Morgan fingerprint density at radius 2 is 1.80 bits per heavy atom. The van der Waals surface area contributed by atoms with Crippen molar-refractivity contribution in [2.45, 2.75) is 38.6 Å². The van der Waals surface area contributed by atoms with Crippen molar-refractivity contribution in [2.75, 3.05) is 19.6 Å². The number of hydrogen-bond acceptors (Lipinski definition) is 3. The lowest BCUT2D eigenvalue weighted by Gasteiger charge is -2.33. The molecular formula is C25H30N4O. The van der Waals surface area contributed by atoms with E-state index in [1.54, 1.807) is 4.68 Å². The maximum absolute atomic E-state index is 13.0. The van der Waals surface area contributed by atoms with Gasteiger partial charge in [0.1, 0.15) is 5.69 Å². The molecule has 30 heavy (non-hydrogen) atoms. The number of nitrogens with zero attached hydrogens (tertiary/aromatic N) is 3. The lowest BCUT2D eigenvalue weighted by atomic mass is 10.0. The Labute approximate surface area is 178 Å². The standard InChI is InChI=1S/C25H30N4O/c1-20-11-8-9-17-28(20)18-10-16-26-25(30)24-19-23(21-12-4-2-5-13-21)27-29(24)22-14-6-3-7-15-22/h2-7,12-15,19-20H,8-11,16-18H2,1H3,(H,26,30). The monoisotopic (exact) mass is 402 g/mol. The van der Waals surface area contributed by atoms with Gasteiger partial charge in [0.2, 0.25) is 0 Å².